The summed E-state index contributed by atoms with van der Waals surface area (Å²) in [6.07, 6.45) is 10.2. The van der Waals surface area contributed by atoms with E-state index < -0.39 is 0 Å². The van der Waals surface area contributed by atoms with Gasteiger partial charge in [-0.2, -0.15) is 0 Å². The van der Waals surface area contributed by atoms with Gasteiger partial charge in [-0.3, -0.25) is 0 Å². The van der Waals surface area contributed by atoms with E-state index in [1.807, 2.05) is 0 Å². The monoisotopic (exact) mass is 187 g/mol. The molecule has 0 amide bonds. The van der Waals surface area contributed by atoms with Crippen LogP contribution < -0.4 is 5.73 Å². The van der Waals surface area contributed by atoms with Gasteiger partial charge in [0.05, 0.1) is 6.61 Å². The maximum Gasteiger partial charge on any atom is 0.0582 e. The molecule has 2 heteroatoms. The van der Waals surface area contributed by atoms with Crippen molar-refractivity contribution in [2.45, 2.75) is 64.3 Å². The summed E-state index contributed by atoms with van der Waals surface area (Å²) in [7, 11) is 0. The van der Waals surface area contributed by atoms with Gasteiger partial charge in [0, 0.05) is 6.04 Å². The largest absolute Gasteiger partial charge is 0.395 e. The minimum absolute atomic E-state index is 0.00985. The number of aliphatic hydroxyl groups is 1. The third-order valence-corrected chi connectivity index (χ3v) is 2.41. The molecule has 0 spiro atoms. The molecular weight excluding hydrogens is 162 g/mol. The molecule has 1 atom stereocenters. The van der Waals surface area contributed by atoms with Crippen LogP contribution >= 0.6 is 0 Å². The highest BCUT2D eigenvalue weighted by atomic mass is 16.3. The van der Waals surface area contributed by atoms with E-state index in [-0.39, 0.29) is 12.6 Å². The molecule has 13 heavy (non-hydrogen) atoms. The van der Waals surface area contributed by atoms with Crippen molar-refractivity contribution in [3.63, 3.8) is 0 Å². The van der Waals surface area contributed by atoms with E-state index in [1.54, 1.807) is 0 Å². The first kappa shape index (κ1) is 12.9. The summed E-state index contributed by atoms with van der Waals surface area (Å²) in [5, 5.41) is 8.68. The Bertz CT molecular complexity index is 96.1. The first-order valence-electron chi connectivity index (χ1n) is 5.67. The van der Waals surface area contributed by atoms with Crippen LogP contribution in [0.25, 0.3) is 0 Å². The molecule has 0 heterocycles. The summed E-state index contributed by atoms with van der Waals surface area (Å²) < 4.78 is 0. The average Bonchev–Trinajstić information content (AvgIpc) is 2.16. The summed E-state index contributed by atoms with van der Waals surface area (Å²) in [5.74, 6) is 0. The molecule has 0 aromatic heterocycles. The molecule has 80 valence electrons. The van der Waals surface area contributed by atoms with Gasteiger partial charge in [0.25, 0.3) is 0 Å². The van der Waals surface area contributed by atoms with E-state index in [2.05, 4.69) is 6.92 Å². The molecule has 0 aromatic carbocycles. The average molecular weight is 187 g/mol. The van der Waals surface area contributed by atoms with E-state index in [4.69, 9.17) is 10.8 Å². The molecule has 0 bridgehead atoms. The van der Waals surface area contributed by atoms with E-state index >= 15 is 0 Å². The molecular formula is C11H25NO. The Morgan fingerprint density at radius 1 is 1.00 bits per heavy atom. The van der Waals surface area contributed by atoms with Crippen LogP contribution in [0.5, 0.6) is 0 Å². The second-order valence-electron chi connectivity index (χ2n) is 3.85. The Hall–Kier alpha value is -0.0800. The van der Waals surface area contributed by atoms with Crippen molar-refractivity contribution >= 4 is 0 Å². The van der Waals surface area contributed by atoms with Gasteiger partial charge >= 0.3 is 0 Å². The fourth-order valence-electron chi connectivity index (χ4n) is 1.45. The lowest BCUT2D eigenvalue weighted by Crippen LogP contribution is -2.23. The minimum Gasteiger partial charge on any atom is -0.395 e. The first-order valence-corrected chi connectivity index (χ1v) is 5.67. The molecule has 0 saturated heterocycles. The third-order valence-electron chi connectivity index (χ3n) is 2.41. The standard InChI is InChI=1S/C11H25NO/c1-2-3-4-5-6-7-8-9-11(12)10-13/h11,13H,2-10,12H2,1H3/t11-/m1/s1. The molecule has 0 unspecified atom stereocenters. The maximum atomic E-state index is 8.68. The number of hydrogen-bond acceptors (Lipinski definition) is 2. The van der Waals surface area contributed by atoms with Gasteiger partial charge in [0.15, 0.2) is 0 Å². The van der Waals surface area contributed by atoms with Crippen molar-refractivity contribution < 1.29 is 5.11 Å². The summed E-state index contributed by atoms with van der Waals surface area (Å²) in [4.78, 5) is 0. The molecule has 0 aromatic rings. The van der Waals surface area contributed by atoms with Gasteiger partial charge in [-0.1, -0.05) is 51.9 Å². The molecule has 3 N–H and O–H groups in total. The normalized spacial score (nSPS) is 13.2. The van der Waals surface area contributed by atoms with Gasteiger partial charge in [-0.15, -0.1) is 0 Å². The number of nitrogens with two attached hydrogens (primary N) is 1. The van der Waals surface area contributed by atoms with Crippen molar-refractivity contribution in [1.29, 1.82) is 0 Å². The van der Waals surface area contributed by atoms with Crippen molar-refractivity contribution in [2.24, 2.45) is 5.73 Å². The van der Waals surface area contributed by atoms with Crippen LogP contribution in [0.1, 0.15) is 58.3 Å². The van der Waals surface area contributed by atoms with E-state index in [1.165, 1.54) is 44.9 Å². The highest BCUT2D eigenvalue weighted by Gasteiger charge is 1.98. The Balaban J connectivity index is 2.91. The summed E-state index contributed by atoms with van der Waals surface area (Å²) >= 11 is 0. The van der Waals surface area contributed by atoms with Crippen molar-refractivity contribution in [3.05, 3.63) is 0 Å². The van der Waals surface area contributed by atoms with Gasteiger partial charge in [-0.05, 0) is 6.42 Å². The molecule has 0 aliphatic heterocycles. The lowest BCUT2D eigenvalue weighted by atomic mass is 10.1. The van der Waals surface area contributed by atoms with Gasteiger partial charge in [-0.25, -0.2) is 0 Å². The molecule has 2 nitrogen and oxygen atoms in total. The van der Waals surface area contributed by atoms with Crippen molar-refractivity contribution in [3.8, 4) is 0 Å². The zero-order chi connectivity index (χ0) is 9.94. The van der Waals surface area contributed by atoms with Crippen LogP contribution in [0.2, 0.25) is 0 Å². The Labute approximate surface area is 82.5 Å². The second-order valence-corrected chi connectivity index (χ2v) is 3.85. The smallest absolute Gasteiger partial charge is 0.0582 e. The lowest BCUT2D eigenvalue weighted by Gasteiger charge is -2.06. The van der Waals surface area contributed by atoms with Crippen molar-refractivity contribution in [1.82, 2.24) is 0 Å². The Morgan fingerprint density at radius 3 is 2.08 bits per heavy atom. The summed E-state index contributed by atoms with van der Waals surface area (Å²) in [5.41, 5.74) is 5.59. The molecule has 0 saturated carbocycles. The minimum atomic E-state index is 0.00985. The number of aliphatic hydroxyl groups excluding tert-OH is 1. The van der Waals surface area contributed by atoms with Gasteiger partial charge in [0.1, 0.15) is 0 Å². The fourth-order valence-corrected chi connectivity index (χ4v) is 1.45. The van der Waals surface area contributed by atoms with Crippen molar-refractivity contribution in [2.75, 3.05) is 6.61 Å². The van der Waals surface area contributed by atoms with E-state index in [9.17, 15) is 0 Å². The van der Waals surface area contributed by atoms with E-state index in [0.29, 0.717) is 0 Å². The first-order chi connectivity index (χ1) is 6.31. The third kappa shape index (κ3) is 9.84. The quantitative estimate of drug-likeness (QED) is 0.545. The van der Waals surface area contributed by atoms with Crippen LogP contribution in [-0.2, 0) is 0 Å². The van der Waals surface area contributed by atoms with Crippen LogP contribution in [0.3, 0.4) is 0 Å². The number of rotatable bonds is 9. The highest BCUT2D eigenvalue weighted by Crippen LogP contribution is 2.08. The van der Waals surface area contributed by atoms with Crippen LogP contribution in [-0.4, -0.2) is 17.8 Å². The van der Waals surface area contributed by atoms with Crippen LogP contribution in [0, 0.1) is 0 Å². The van der Waals surface area contributed by atoms with E-state index in [0.717, 1.165) is 6.42 Å². The Morgan fingerprint density at radius 2 is 1.54 bits per heavy atom. The second kappa shape index (κ2) is 10.0. The molecule has 0 rings (SSSR count). The molecule has 0 aliphatic carbocycles. The number of unbranched alkanes of at least 4 members (excludes halogenated alkanes) is 6. The molecule has 0 radical (unpaired) electrons. The predicted octanol–water partition coefficient (Wildman–Crippen LogP) is 2.45. The zero-order valence-electron chi connectivity index (χ0n) is 8.97. The van der Waals surface area contributed by atoms with Gasteiger partial charge < -0.3 is 10.8 Å². The predicted molar refractivity (Wildman–Crippen MR) is 57.7 cm³/mol. The molecule has 0 aliphatic rings. The van der Waals surface area contributed by atoms with Crippen LogP contribution in [0.15, 0.2) is 0 Å². The SMILES string of the molecule is CCCCCCCCC[C@@H](N)CO. The highest BCUT2D eigenvalue weighted by molar-refractivity contribution is 4.58. The summed E-state index contributed by atoms with van der Waals surface area (Å²) in [6.45, 7) is 2.37. The lowest BCUT2D eigenvalue weighted by molar-refractivity contribution is 0.257. The van der Waals surface area contributed by atoms with Crippen LogP contribution in [0.4, 0.5) is 0 Å². The molecule has 0 fully saturated rings. The van der Waals surface area contributed by atoms with Gasteiger partial charge in [0.2, 0.25) is 0 Å². The Kier molecular flexibility index (Phi) is 9.94. The maximum absolute atomic E-state index is 8.68. The topological polar surface area (TPSA) is 46.2 Å². The number of hydrogen-bond donors (Lipinski definition) is 2. The fraction of sp³-hybridized carbons (Fsp3) is 1.00. The zero-order valence-corrected chi connectivity index (χ0v) is 8.97. The summed E-state index contributed by atoms with van der Waals surface area (Å²) in [6, 6.07) is 0.00985.